The number of pyridine rings is 2. The van der Waals surface area contributed by atoms with Gasteiger partial charge in [-0.25, -0.2) is 9.37 Å². The van der Waals surface area contributed by atoms with Crippen LogP contribution in [0.5, 0.6) is 5.88 Å². The molecule has 6 nitrogen and oxygen atoms in total. The summed E-state index contributed by atoms with van der Waals surface area (Å²) in [6, 6.07) is 0.225. The smallest absolute Gasteiger partial charge is 0.226 e. The average Bonchev–Trinajstić information content (AvgIpc) is 2.62. The van der Waals surface area contributed by atoms with Crippen LogP contribution in [0.15, 0.2) is 0 Å². The molecule has 1 aliphatic rings. The minimum atomic E-state index is -0.533. The Hall–Kier alpha value is -1.70. The second-order valence-corrected chi connectivity index (χ2v) is 7.02. The second-order valence-electron chi connectivity index (χ2n) is 6.66. The first kappa shape index (κ1) is 19.1. The number of likely N-dealkylation sites (N-methyl/N-ethyl adjacent to an activating group) is 1. The van der Waals surface area contributed by atoms with Gasteiger partial charge in [0, 0.05) is 37.8 Å². The van der Waals surface area contributed by atoms with Crippen LogP contribution in [0.3, 0.4) is 0 Å². The maximum Gasteiger partial charge on any atom is 0.226 e. The average molecular weight is 383 g/mol. The summed E-state index contributed by atoms with van der Waals surface area (Å²) in [5.41, 5.74) is 1.50. The lowest BCUT2D eigenvalue weighted by Gasteiger charge is -2.40. The van der Waals surface area contributed by atoms with E-state index in [1.165, 1.54) is 7.11 Å². The van der Waals surface area contributed by atoms with Gasteiger partial charge in [-0.05, 0) is 26.5 Å². The Morgan fingerprint density at radius 3 is 2.58 bits per heavy atom. The van der Waals surface area contributed by atoms with E-state index in [2.05, 4.69) is 21.8 Å². The van der Waals surface area contributed by atoms with Crippen molar-refractivity contribution < 1.29 is 13.9 Å². The molecule has 2 aromatic heterocycles. The molecule has 0 N–H and O–H groups in total. The molecule has 0 saturated carbocycles. The summed E-state index contributed by atoms with van der Waals surface area (Å²) in [5, 5.41) is 0.800. The van der Waals surface area contributed by atoms with Crippen LogP contribution in [-0.2, 0) is 4.74 Å². The Morgan fingerprint density at radius 2 is 1.92 bits per heavy atom. The fourth-order valence-corrected chi connectivity index (χ4v) is 3.61. The molecule has 0 radical (unpaired) electrons. The fourth-order valence-electron chi connectivity index (χ4n) is 3.44. The number of nitrogens with zero attached hydrogens (tertiary/aromatic N) is 4. The van der Waals surface area contributed by atoms with Crippen molar-refractivity contribution in [2.75, 3.05) is 52.4 Å². The summed E-state index contributed by atoms with van der Waals surface area (Å²) in [6.45, 7) is 6.69. The molecule has 1 aliphatic heterocycles. The summed E-state index contributed by atoms with van der Waals surface area (Å²) >= 11 is 5.99. The molecule has 1 fully saturated rings. The molecule has 1 unspecified atom stereocenters. The van der Waals surface area contributed by atoms with Gasteiger partial charge in [0.1, 0.15) is 5.82 Å². The second kappa shape index (κ2) is 7.50. The Labute approximate surface area is 157 Å². The van der Waals surface area contributed by atoms with E-state index < -0.39 is 5.82 Å². The third-order valence-corrected chi connectivity index (χ3v) is 5.36. The summed E-state index contributed by atoms with van der Waals surface area (Å²) in [5.74, 6) is 0.436. The lowest BCUT2D eigenvalue weighted by molar-refractivity contribution is 0.0986. The summed E-state index contributed by atoms with van der Waals surface area (Å²) < 4.78 is 25.6. The van der Waals surface area contributed by atoms with Gasteiger partial charge in [0.2, 0.25) is 5.88 Å². The molecule has 0 bridgehead atoms. The minimum absolute atomic E-state index is 0.190. The van der Waals surface area contributed by atoms with Gasteiger partial charge in [0.15, 0.2) is 11.0 Å². The van der Waals surface area contributed by atoms with Crippen LogP contribution in [0.4, 0.5) is 10.2 Å². The van der Waals surface area contributed by atoms with E-state index in [-0.39, 0.29) is 11.2 Å². The zero-order valence-corrected chi connectivity index (χ0v) is 16.5. The largest absolute Gasteiger partial charge is 0.480 e. The molecule has 2 aromatic rings. The highest BCUT2D eigenvalue weighted by Crippen LogP contribution is 2.39. The van der Waals surface area contributed by atoms with Gasteiger partial charge in [-0.3, -0.25) is 4.90 Å². The Morgan fingerprint density at radius 1 is 1.19 bits per heavy atom. The van der Waals surface area contributed by atoms with E-state index in [0.717, 1.165) is 30.9 Å². The maximum absolute atomic E-state index is 14.8. The standard InChI is InChI=1S/C18H24ClFN4O2/c1-10-11(2)21-17(24-7-6-23(3)12(8-24)9-25-4)14-13(10)15(20)16(19)22-18(14)26-5/h12H,6-9H2,1-5H3. The monoisotopic (exact) mass is 382 g/mol. The Bertz CT molecular complexity index is 825. The van der Waals surface area contributed by atoms with E-state index in [9.17, 15) is 4.39 Å². The number of halogens is 2. The molecule has 0 spiro atoms. The lowest BCUT2D eigenvalue weighted by Crippen LogP contribution is -2.53. The van der Waals surface area contributed by atoms with Crippen LogP contribution in [-0.4, -0.2) is 68.4 Å². The van der Waals surface area contributed by atoms with Crippen LogP contribution in [0.2, 0.25) is 5.15 Å². The highest BCUT2D eigenvalue weighted by atomic mass is 35.5. The number of methoxy groups -OCH3 is 2. The van der Waals surface area contributed by atoms with Crippen LogP contribution >= 0.6 is 11.6 Å². The molecule has 0 aromatic carbocycles. The van der Waals surface area contributed by atoms with Crippen molar-refractivity contribution in [3.05, 3.63) is 22.2 Å². The number of hydrogen-bond acceptors (Lipinski definition) is 6. The van der Waals surface area contributed by atoms with Crippen molar-refractivity contribution in [1.29, 1.82) is 0 Å². The molecule has 0 amide bonds. The van der Waals surface area contributed by atoms with Crippen molar-refractivity contribution in [1.82, 2.24) is 14.9 Å². The molecule has 1 atom stereocenters. The minimum Gasteiger partial charge on any atom is -0.480 e. The number of ether oxygens (including phenoxy) is 2. The molecule has 0 aliphatic carbocycles. The summed E-state index contributed by atoms with van der Waals surface area (Å²) in [6.07, 6.45) is 0. The quantitative estimate of drug-likeness (QED) is 0.758. The Kier molecular flexibility index (Phi) is 5.50. The van der Waals surface area contributed by atoms with Gasteiger partial charge in [-0.1, -0.05) is 11.6 Å². The van der Waals surface area contributed by atoms with Gasteiger partial charge < -0.3 is 14.4 Å². The first-order chi connectivity index (χ1) is 12.4. The Balaban J connectivity index is 2.20. The van der Waals surface area contributed by atoms with E-state index in [1.54, 1.807) is 7.11 Å². The van der Waals surface area contributed by atoms with E-state index in [4.69, 9.17) is 26.1 Å². The summed E-state index contributed by atoms with van der Waals surface area (Å²) in [4.78, 5) is 13.3. The van der Waals surface area contributed by atoms with Gasteiger partial charge in [0.25, 0.3) is 0 Å². The molecular formula is C18H24ClFN4O2. The van der Waals surface area contributed by atoms with Crippen LogP contribution in [0.25, 0.3) is 10.8 Å². The zero-order valence-electron chi connectivity index (χ0n) is 15.8. The molecule has 8 heteroatoms. The third kappa shape index (κ3) is 3.19. The van der Waals surface area contributed by atoms with Gasteiger partial charge in [0.05, 0.1) is 25.1 Å². The third-order valence-electron chi connectivity index (χ3n) is 5.11. The predicted molar refractivity (Wildman–Crippen MR) is 101 cm³/mol. The van der Waals surface area contributed by atoms with Gasteiger partial charge >= 0.3 is 0 Å². The number of fused-ring (bicyclic) bond motifs is 1. The zero-order chi connectivity index (χ0) is 19.0. The fraction of sp³-hybridized carbons (Fsp3) is 0.556. The molecule has 142 valence electrons. The number of aryl methyl sites for hydroxylation is 2. The lowest BCUT2D eigenvalue weighted by atomic mass is 10.0. The topological polar surface area (TPSA) is 50.7 Å². The van der Waals surface area contributed by atoms with E-state index >= 15 is 0 Å². The number of hydrogen-bond donors (Lipinski definition) is 0. The number of anilines is 1. The first-order valence-corrected chi connectivity index (χ1v) is 8.90. The van der Waals surface area contributed by atoms with Crippen LogP contribution in [0, 0.1) is 19.7 Å². The van der Waals surface area contributed by atoms with E-state index in [1.807, 2.05) is 13.8 Å². The van der Waals surface area contributed by atoms with Crippen molar-refractivity contribution in [2.24, 2.45) is 0 Å². The SMILES string of the molecule is COCC1CN(c2nc(C)c(C)c3c(F)c(Cl)nc(OC)c23)CCN1C. The molecule has 3 heterocycles. The van der Waals surface area contributed by atoms with Gasteiger partial charge in [-0.2, -0.15) is 4.98 Å². The maximum atomic E-state index is 14.8. The highest BCUT2D eigenvalue weighted by Gasteiger charge is 2.29. The van der Waals surface area contributed by atoms with E-state index in [0.29, 0.717) is 29.1 Å². The highest BCUT2D eigenvalue weighted by molar-refractivity contribution is 6.30. The van der Waals surface area contributed by atoms with Crippen molar-refractivity contribution >= 4 is 28.2 Å². The molecule has 1 saturated heterocycles. The molecular weight excluding hydrogens is 359 g/mol. The normalized spacial score (nSPS) is 18.6. The van der Waals surface area contributed by atoms with Crippen molar-refractivity contribution in [2.45, 2.75) is 19.9 Å². The van der Waals surface area contributed by atoms with Crippen LogP contribution < -0.4 is 9.64 Å². The van der Waals surface area contributed by atoms with Crippen LogP contribution in [0.1, 0.15) is 11.3 Å². The first-order valence-electron chi connectivity index (χ1n) is 8.53. The van der Waals surface area contributed by atoms with Gasteiger partial charge in [-0.15, -0.1) is 0 Å². The number of rotatable bonds is 4. The van der Waals surface area contributed by atoms with Crippen molar-refractivity contribution in [3.8, 4) is 5.88 Å². The predicted octanol–water partition coefficient (Wildman–Crippen LogP) is 2.81. The molecule has 3 rings (SSSR count). The summed E-state index contributed by atoms with van der Waals surface area (Å²) in [7, 11) is 5.28. The number of piperazine rings is 1. The molecule has 26 heavy (non-hydrogen) atoms. The number of aromatic nitrogens is 2. The van der Waals surface area contributed by atoms with Crippen molar-refractivity contribution in [3.63, 3.8) is 0 Å².